The topological polar surface area (TPSA) is 65.5 Å². The minimum atomic E-state index is -0.0726. The van der Waals surface area contributed by atoms with Crippen molar-refractivity contribution >= 4 is 23.3 Å². The second-order valence-electron chi connectivity index (χ2n) is 5.68. The summed E-state index contributed by atoms with van der Waals surface area (Å²) in [7, 11) is 1.97. The first-order chi connectivity index (χ1) is 10.1. The van der Waals surface area contributed by atoms with Crippen LogP contribution in [0, 0.1) is 5.92 Å². The molecular weight excluding hydrogens is 290 g/mol. The molecule has 0 aromatic carbocycles. The standard InChI is InChI=1S/C15H22ClN3O2/c1-19(13-5-2-11(10-20)3-6-13)9-15(21)18-14-7-4-12(16)8-17-14/h4,7-8,11,13,20H,2-3,5-6,9-10H2,1H3,(H,17,18,21). The molecule has 0 unspecified atom stereocenters. The lowest BCUT2D eigenvalue weighted by Gasteiger charge is -2.33. The predicted molar refractivity (Wildman–Crippen MR) is 83.3 cm³/mol. The minimum Gasteiger partial charge on any atom is -0.396 e. The van der Waals surface area contributed by atoms with Gasteiger partial charge in [0.25, 0.3) is 0 Å². The number of anilines is 1. The monoisotopic (exact) mass is 311 g/mol. The molecule has 1 aliphatic rings. The lowest BCUT2D eigenvalue weighted by atomic mass is 9.86. The molecule has 21 heavy (non-hydrogen) atoms. The number of amides is 1. The Bertz CT molecular complexity index is 458. The molecule has 1 aromatic rings. The first kappa shape index (κ1) is 16.2. The third-order valence-electron chi connectivity index (χ3n) is 4.09. The average molecular weight is 312 g/mol. The Morgan fingerprint density at radius 3 is 2.71 bits per heavy atom. The molecule has 0 saturated heterocycles. The Morgan fingerprint density at radius 1 is 1.43 bits per heavy atom. The van der Waals surface area contributed by atoms with E-state index in [-0.39, 0.29) is 12.5 Å². The van der Waals surface area contributed by atoms with Crippen LogP contribution in [-0.4, -0.2) is 47.1 Å². The van der Waals surface area contributed by atoms with E-state index in [1.165, 1.54) is 6.20 Å². The number of aromatic nitrogens is 1. The van der Waals surface area contributed by atoms with Gasteiger partial charge in [-0.2, -0.15) is 0 Å². The summed E-state index contributed by atoms with van der Waals surface area (Å²) in [4.78, 5) is 18.1. The molecule has 1 fully saturated rings. The average Bonchev–Trinajstić information content (AvgIpc) is 2.49. The van der Waals surface area contributed by atoms with Gasteiger partial charge in [-0.25, -0.2) is 4.98 Å². The number of hydrogen-bond donors (Lipinski definition) is 2. The van der Waals surface area contributed by atoms with Crippen LogP contribution in [0.4, 0.5) is 5.82 Å². The molecule has 0 bridgehead atoms. The van der Waals surface area contributed by atoms with Crippen LogP contribution in [-0.2, 0) is 4.79 Å². The first-order valence-electron chi connectivity index (χ1n) is 7.31. The van der Waals surface area contributed by atoms with E-state index in [9.17, 15) is 4.79 Å². The Hall–Kier alpha value is -1.17. The number of hydrogen-bond acceptors (Lipinski definition) is 4. The second kappa shape index (κ2) is 7.73. The molecule has 1 saturated carbocycles. The molecule has 1 amide bonds. The fourth-order valence-corrected chi connectivity index (χ4v) is 2.87. The number of rotatable bonds is 5. The zero-order chi connectivity index (χ0) is 15.2. The van der Waals surface area contributed by atoms with Gasteiger partial charge in [0, 0.05) is 18.8 Å². The number of pyridine rings is 1. The Balaban J connectivity index is 1.78. The molecule has 2 N–H and O–H groups in total. The second-order valence-corrected chi connectivity index (χ2v) is 6.12. The van der Waals surface area contributed by atoms with Crippen molar-refractivity contribution in [2.45, 2.75) is 31.7 Å². The van der Waals surface area contributed by atoms with Crippen LogP contribution < -0.4 is 5.32 Å². The number of aliphatic hydroxyl groups is 1. The Kier molecular flexibility index (Phi) is 5.96. The highest BCUT2D eigenvalue weighted by Crippen LogP contribution is 2.26. The normalized spacial score (nSPS) is 22.3. The lowest BCUT2D eigenvalue weighted by molar-refractivity contribution is -0.117. The van der Waals surface area contributed by atoms with Crippen LogP contribution in [0.5, 0.6) is 0 Å². The lowest BCUT2D eigenvalue weighted by Crippen LogP contribution is -2.40. The molecular formula is C15H22ClN3O2. The summed E-state index contributed by atoms with van der Waals surface area (Å²) in [6, 6.07) is 3.80. The SMILES string of the molecule is CN(CC(=O)Nc1ccc(Cl)cn1)C1CCC(CO)CC1. The number of carbonyl (C=O) groups excluding carboxylic acids is 1. The highest BCUT2D eigenvalue weighted by Gasteiger charge is 2.24. The van der Waals surface area contributed by atoms with Crippen LogP contribution in [0.15, 0.2) is 18.3 Å². The number of nitrogens with one attached hydrogen (secondary N) is 1. The van der Waals surface area contributed by atoms with Crippen molar-refractivity contribution in [1.82, 2.24) is 9.88 Å². The summed E-state index contributed by atoms with van der Waals surface area (Å²) in [5.74, 6) is 0.875. The van der Waals surface area contributed by atoms with E-state index in [1.807, 2.05) is 7.05 Å². The first-order valence-corrected chi connectivity index (χ1v) is 7.68. The fraction of sp³-hybridized carbons (Fsp3) is 0.600. The van der Waals surface area contributed by atoms with E-state index in [0.717, 1.165) is 25.7 Å². The molecule has 0 aliphatic heterocycles. The van der Waals surface area contributed by atoms with Crippen LogP contribution in [0.2, 0.25) is 5.02 Å². The summed E-state index contributed by atoms with van der Waals surface area (Å²) in [5.41, 5.74) is 0. The molecule has 0 radical (unpaired) electrons. The van der Waals surface area contributed by atoms with Gasteiger partial charge in [0.2, 0.25) is 5.91 Å². The number of likely N-dealkylation sites (N-methyl/N-ethyl adjacent to an activating group) is 1. The van der Waals surface area contributed by atoms with E-state index >= 15 is 0 Å². The van der Waals surface area contributed by atoms with Crippen molar-refractivity contribution < 1.29 is 9.90 Å². The van der Waals surface area contributed by atoms with Crippen molar-refractivity contribution in [3.63, 3.8) is 0 Å². The van der Waals surface area contributed by atoms with E-state index in [1.54, 1.807) is 12.1 Å². The van der Waals surface area contributed by atoms with Crippen molar-refractivity contribution in [3.05, 3.63) is 23.4 Å². The van der Waals surface area contributed by atoms with Gasteiger partial charge >= 0.3 is 0 Å². The number of carbonyl (C=O) groups is 1. The highest BCUT2D eigenvalue weighted by atomic mass is 35.5. The fourth-order valence-electron chi connectivity index (χ4n) is 2.76. The maximum Gasteiger partial charge on any atom is 0.239 e. The molecule has 0 spiro atoms. The van der Waals surface area contributed by atoms with Crippen molar-refractivity contribution in [2.24, 2.45) is 5.92 Å². The van der Waals surface area contributed by atoms with Gasteiger partial charge in [0.15, 0.2) is 0 Å². The van der Waals surface area contributed by atoms with E-state index in [4.69, 9.17) is 16.7 Å². The smallest absolute Gasteiger partial charge is 0.239 e. The number of aliphatic hydroxyl groups excluding tert-OH is 1. The van der Waals surface area contributed by atoms with Crippen LogP contribution >= 0.6 is 11.6 Å². The highest BCUT2D eigenvalue weighted by molar-refractivity contribution is 6.30. The van der Waals surface area contributed by atoms with Crippen molar-refractivity contribution in [1.29, 1.82) is 0 Å². The third kappa shape index (κ3) is 4.95. The van der Waals surface area contributed by atoms with Gasteiger partial charge in [-0.05, 0) is 50.8 Å². The summed E-state index contributed by atoms with van der Waals surface area (Å²) >= 11 is 5.76. The predicted octanol–water partition coefficient (Wildman–Crippen LogP) is 2.16. The quantitative estimate of drug-likeness (QED) is 0.874. The summed E-state index contributed by atoms with van der Waals surface area (Å²) < 4.78 is 0. The van der Waals surface area contributed by atoms with Crippen molar-refractivity contribution in [3.8, 4) is 0 Å². The van der Waals surface area contributed by atoms with Crippen LogP contribution in [0.25, 0.3) is 0 Å². The Labute approximate surface area is 130 Å². The zero-order valence-corrected chi connectivity index (χ0v) is 13.0. The number of halogens is 1. The largest absolute Gasteiger partial charge is 0.396 e. The summed E-state index contributed by atoms with van der Waals surface area (Å²) in [6.45, 7) is 0.623. The molecule has 6 heteroatoms. The minimum absolute atomic E-state index is 0.0726. The van der Waals surface area contributed by atoms with Gasteiger partial charge in [0.1, 0.15) is 5.82 Å². The van der Waals surface area contributed by atoms with Gasteiger partial charge in [-0.15, -0.1) is 0 Å². The molecule has 0 atom stereocenters. The van der Waals surface area contributed by atoms with E-state index in [0.29, 0.717) is 29.3 Å². The van der Waals surface area contributed by atoms with E-state index < -0.39 is 0 Å². The van der Waals surface area contributed by atoms with E-state index in [2.05, 4.69) is 15.2 Å². The summed E-state index contributed by atoms with van der Waals surface area (Å²) in [5, 5.41) is 12.5. The maximum atomic E-state index is 12.0. The van der Waals surface area contributed by atoms with Crippen LogP contribution in [0.1, 0.15) is 25.7 Å². The maximum absolute atomic E-state index is 12.0. The molecule has 5 nitrogen and oxygen atoms in total. The molecule has 1 heterocycles. The molecule has 1 aliphatic carbocycles. The zero-order valence-electron chi connectivity index (χ0n) is 12.3. The van der Waals surface area contributed by atoms with Gasteiger partial charge in [-0.1, -0.05) is 11.6 Å². The van der Waals surface area contributed by atoms with Crippen LogP contribution in [0.3, 0.4) is 0 Å². The van der Waals surface area contributed by atoms with Gasteiger partial charge in [-0.3, -0.25) is 9.69 Å². The summed E-state index contributed by atoms with van der Waals surface area (Å²) in [6.07, 6.45) is 5.65. The van der Waals surface area contributed by atoms with Gasteiger partial charge in [0.05, 0.1) is 11.6 Å². The Morgan fingerprint density at radius 2 is 2.14 bits per heavy atom. The molecule has 1 aromatic heterocycles. The molecule has 116 valence electrons. The third-order valence-corrected chi connectivity index (χ3v) is 4.31. The van der Waals surface area contributed by atoms with Crippen molar-refractivity contribution in [2.75, 3.05) is 25.5 Å². The number of nitrogens with zero attached hydrogens (tertiary/aromatic N) is 2. The van der Waals surface area contributed by atoms with Gasteiger partial charge < -0.3 is 10.4 Å². The molecule has 2 rings (SSSR count).